The third-order valence-corrected chi connectivity index (χ3v) is 4.75. The zero-order valence-corrected chi connectivity index (χ0v) is 13.9. The number of nitrogens with one attached hydrogen (secondary N) is 1. The molecule has 0 bridgehead atoms. The van der Waals surface area contributed by atoms with Crippen LogP contribution < -0.4 is 4.72 Å². The topological polar surface area (TPSA) is 76.9 Å². The summed E-state index contributed by atoms with van der Waals surface area (Å²) in [7, 11) is -3.86. The van der Waals surface area contributed by atoms with Crippen molar-refractivity contribution in [3.63, 3.8) is 0 Å². The van der Waals surface area contributed by atoms with Gasteiger partial charge in [0.2, 0.25) is 0 Å². The first-order valence-electron chi connectivity index (χ1n) is 7.14. The molecule has 0 spiro atoms. The van der Waals surface area contributed by atoms with Gasteiger partial charge in [0, 0.05) is 11.9 Å². The largest absolute Gasteiger partial charge is 0.276 e. The third-order valence-electron chi connectivity index (χ3n) is 3.37. The Hall–Kier alpha value is -2.74. The van der Waals surface area contributed by atoms with E-state index in [1.165, 1.54) is 12.1 Å². The van der Waals surface area contributed by atoms with E-state index in [0.717, 1.165) is 23.5 Å². The van der Waals surface area contributed by atoms with Crippen LogP contribution in [0.5, 0.6) is 0 Å². The predicted molar refractivity (Wildman–Crippen MR) is 88.0 cm³/mol. The van der Waals surface area contributed by atoms with Crippen molar-refractivity contribution in [2.75, 3.05) is 4.72 Å². The first-order chi connectivity index (χ1) is 11.4. The van der Waals surface area contributed by atoms with Gasteiger partial charge in [-0.1, -0.05) is 0 Å². The molecule has 0 saturated carbocycles. The van der Waals surface area contributed by atoms with Gasteiger partial charge in [0.25, 0.3) is 10.0 Å². The van der Waals surface area contributed by atoms with Crippen LogP contribution in [0.1, 0.15) is 11.4 Å². The van der Waals surface area contributed by atoms with Gasteiger partial charge in [-0.25, -0.2) is 22.5 Å². The number of rotatable bonds is 4. The van der Waals surface area contributed by atoms with Crippen molar-refractivity contribution in [3.05, 3.63) is 65.9 Å². The molecule has 0 aliphatic carbocycles. The average molecular weight is 346 g/mol. The van der Waals surface area contributed by atoms with Crippen LogP contribution in [-0.4, -0.2) is 23.2 Å². The molecule has 2 heterocycles. The first kappa shape index (κ1) is 16.1. The van der Waals surface area contributed by atoms with E-state index in [1.807, 2.05) is 19.9 Å². The van der Waals surface area contributed by atoms with Crippen LogP contribution in [0, 0.1) is 19.7 Å². The Bertz CT molecular complexity index is 982. The summed E-state index contributed by atoms with van der Waals surface area (Å²) >= 11 is 0. The van der Waals surface area contributed by atoms with E-state index in [4.69, 9.17) is 0 Å². The van der Waals surface area contributed by atoms with E-state index in [-0.39, 0.29) is 10.6 Å². The van der Waals surface area contributed by atoms with Crippen molar-refractivity contribution < 1.29 is 12.8 Å². The molecule has 124 valence electrons. The molecule has 2 aromatic heterocycles. The summed E-state index contributed by atoms with van der Waals surface area (Å²) in [5, 5.41) is 4.33. The highest BCUT2D eigenvalue weighted by Crippen LogP contribution is 2.22. The van der Waals surface area contributed by atoms with Crippen molar-refractivity contribution >= 4 is 15.7 Å². The molecule has 3 aromatic rings. The van der Waals surface area contributed by atoms with Crippen molar-refractivity contribution in [2.24, 2.45) is 0 Å². The fourth-order valence-electron chi connectivity index (χ4n) is 2.31. The predicted octanol–water partition coefficient (Wildman–Crippen LogP) is 2.82. The van der Waals surface area contributed by atoms with Crippen LogP contribution in [0.2, 0.25) is 0 Å². The van der Waals surface area contributed by atoms with Crippen LogP contribution in [0.4, 0.5) is 10.1 Å². The van der Waals surface area contributed by atoms with E-state index in [0.29, 0.717) is 5.82 Å². The molecule has 3 rings (SSSR count). The van der Waals surface area contributed by atoms with Crippen molar-refractivity contribution in [1.29, 1.82) is 0 Å². The van der Waals surface area contributed by atoms with Crippen molar-refractivity contribution in [3.8, 4) is 5.82 Å². The molecular formula is C16H15FN4O2S. The summed E-state index contributed by atoms with van der Waals surface area (Å²) in [6, 6.07) is 9.69. The van der Waals surface area contributed by atoms with Gasteiger partial charge in [-0.15, -0.1) is 0 Å². The Morgan fingerprint density at radius 1 is 1.12 bits per heavy atom. The second-order valence-corrected chi connectivity index (χ2v) is 6.96. The minimum Gasteiger partial charge on any atom is -0.276 e. The number of aryl methyl sites for hydroxylation is 2. The van der Waals surface area contributed by atoms with Gasteiger partial charge >= 0.3 is 0 Å². The molecule has 1 N–H and O–H groups in total. The standard InChI is InChI=1S/C16H15FN4O2S/c1-11-10-12(2)21(19-11)16-15(4-3-9-18-16)20-24(22,23)14-7-5-13(17)6-8-14/h3-10,20H,1-2H3. The maximum atomic E-state index is 13.0. The van der Waals surface area contributed by atoms with E-state index in [9.17, 15) is 12.8 Å². The van der Waals surface area contributed by atoms with Crippen LogP contribution in [-0.2, 0) is 10.0 Å². The molecule has 0 radical (unpaired) electrons. The monoisotopic (exact) mass is 346 g/mol. The summed E-state index contributed by atoms with van der Waals surface area (Å²) in [4.78, 5) is 4.19. The average Bonchev–Trinajstić information content (AvgIpc) is 2.86. The number of nitrogens with zero attached hydrogens (tertiary/aromatic N) is 3. The zero-order valence-electron chi connectivity index (χ0n) is 13.1. The highest BCUT2D eigenvalue weighted by Gasteiger charge is 2.18. The molecule has 0 unspecified atom stereocenters. The minimum absolute atomic E-state index is 0.0351. The maximum Gasteiger partial charge on any atom is 0.262 e. The maximum absolute atomic E-state index is 13.0. The van der Waals surface area contributed by atoms with Crippen LogP contribution >= 0.6 is 0 Å². The lowest BCUT2D eigenvalue weighted by Crippen LogP contribution is -2.16. The van der Waals surface area contributed by atoms with E-state index in [1.54, 1.807) is 23.0 Å². The minimum atomic E-state index is -3.86. The van der Waals surface area contributed by atoms with Crippen molar-refractivity contribution in [2.45, 2.75) is 18.7 Å². The quantitative estimate of drug-likeness (QED) is 0.788. The van der Waals surface area contributed by atoms with E-state index < -0.39 is 15.8 Å². The van der Waals surface area contributed by atoms with Gasteiger partial charge in [-0.3, -0.25) is 4.72 Å². The summed E-state index contributed by atoms with van der Waals surface area (Å²) in [6.07, 6.45) is 1.56. The summed E-state index contributed by atoms with van der Waals surface area (Å²) in [5.74, 6) is -0.132. The molecule has 24 heavy (non-hydrogen) atoms. The fourth-order valence-corrected chi connectivity index (χ4v) is 3.37. The van der Waals surface area contributed by atoms with Gasteiger partial charge < -0.3 is 0 Å². The second kappa shape index (κ2) is 6.04. The normalized spacial score (nSPS) is 11.5. The third kappa shape index (κ3) is 3.13. The number of pyridine rings is 1. The SMILES string of the molecule is Cc1cc(C)n(-c2ncccc2NS(=O)(=O)c2ccc(F)cc2)n1. The Kier molecular flexibility index (Phi) is 4.06. The van der Waals surface area contributed by atoms with Crippen LogP contribution in [0.15, 0.2) is 53.6 Å². The summed E-state index contributed by atoms with van der Waals surface area (Å²) < 4.78 is 42.0. The lowest BCUT2D eigenvalue weighted by molar-refractivity contribution is 0.599. The molecule has 6 nitrogen and oxygen atoms in total. The number of anilines is 1. The summed E-state index contributed by atoms with van der Waals surface area (Å²) in [6.45, 7) is 3.70. The van der Waals surface area contributed by atoms with Gasteiger partial charge in [-0.2, -0.15) is 5.10 Å². The molecule has 0 atom stereocenters. The molecular weight excluding hydrogens is 331 g/mol. The first-order valence-corrected chi connectivity index (χ1v) is 8.62. The highest BCUT2D eigenvalue weighted by atomic mass is 32.2. The number of hydrogen-bond acceptors (Lipinski definition) is 4. The number of aromatic nitrogens is 3. The Morgan fingerprint density at radius 3 is 2.46 bits per heavy atom. The Labute approximate surface area is 139 Å². The smallest absolute Gasteiger partial charge is 0.262 e. The Balaban J connectivity index is 2.02. The van der Waals surface area contributed by atoms with Crippen molar-refractivity contribution in [1.82, 2.24) is 14.8 Å². The second-order valence-electron chi connectivity index (χ2n) is 5.27. The lowest BCUT2D eigenvalue weighted by Gasteiger charge is -2.12. The van der Waals surface area contributed by atoms with Gasteiger partial charge in [0.15, 0.2) is 5.82 Å². The fraction of sp³-hybridized carbons (Fsp3) is 0.125. The molecule has 0 aliphatic heterocycles. The Morgan fingerprint density at radius 2 is 1.83 bits per heavy atom. The lowest BCUT2D eigenvalue weighted by atomic mass is 10.3. The van der Waals surface area contributed by atoms with Gasteiger partial charge in [0.05, 0.1) is 16.3 Å². The zero-order chi connectivity index (χ0) is 17.3. The molecule has 0 saturated heterocycles. The number of hydrogen-bond donors (Lipinski definition) is 1. The van der Waals surface area contributed by atoms with Gasteiger partial charge in [-0.05, 0) is 56.3 Å². The highest BCUT2D eigenvalue weighted by molar-refractivity contribution is 7.92. The molecule has 0 fully saturated rings. The number of benzene rings is 1. The van der Waals surface area contributed by atoms with E-state index >= 15 is 0 Å². The molecule has 8 heteroatoms. The molecule has 1 aromatic carbocycles. The molecule has 0 amide bonds. The van der Waals surface area contributed by atoms with Crippen LogP contribution in [0.25, 0.3) is 5.82 Å². The molecule has 0 aliphatic rings. The van der Waals surface area contributed by atoms with Crippen LogP contribution in [0.3, 0.4) is 0 Å². The van der Waals surface area contributed by atoms with E-state index in [2.05, 4.69) is 14.8 Å². The number of halogens is 1. The van der Waals surface area contributed by atoms with Gasteiger partial charge in [0.1, 0.15) is 5.82 Å². The number of sulfonamides is 1. The summed E-state index contributed by atoms with van der Waals surface area (Å²) in [5.41, 5.74) is 1.91.